The van der Waals surface area contributed by atoms with Crippen LogP contribution in [0, 0.1) is 11.6 Å². The second kappa shape index (κ2) is 11.7. The van der Waals surface area contributed by atoms with E-state index >= 15 is 0 Å². The number of alkyl halides is 3. The molecular weight excluding hydrogens is 499 g/mol. The van der Waals surface area contributed by atoms with Crippen molar-refractivity contribution in [2.45, 2.75) is 31.4 Å². The zero-order valence-electron chi connectivity index (χ0n) is 19.8. The van der Waals surface area contributed by atoms with Crippen molar-refractivity contribution in [3.8, 4) is 0 Å². The Balaban J connectivity index is 1.61. The molecule has 0 aliphatic rings. The van der Waals surface area contributed by atoms with Gasteiger partial charge in [0.2, 0.25) is 0 Å². The average Bonchev–Trinajstić information content (AvgIpc) is 2.84. The zero-order chi connectivity index (χ0) is 26.5. The molecule has 0 heterocycles. The van der Waals surface area contributed by atoms with Crippen molar-refractivity contribution in [2.75, 3.05) is 25.5 Å². The number of halogens is 6. The van der Waals surface area contributed by atoms with Crippen molar-refractivity contribution in [3.63, 3.8) is 0 Å². The molecule has 0 bridgehead atoms. The highest BCUT2D eigenvalue weighted by Gasteiger charge is 2.34. The smallest absolute Gasteiger partial charge is 0.327 e. The summed E-state index contributed by atoms with van der Waals surface area (Å²) in [6.07, 6.45) is -2.61. The number of benzene rings is 3. The van der Waals surface area contributed by atoms with E-state index in [9.17, 15) is 26.7 Å². The minimum Gasteiger partial charge on any atom is -0.327 e. The molecule has 9 heteroatoms. The summed E-state index contributed by atoms with van der Waals surface area (Å²) in [5.74, 6) is -0.766. The van der Waals surface area contributed by atoms with E-state index < -0.39 is 22.8 Å². The Morgan fingerprint density at radius 2 is 1.39 bits per heavy atom. The molecule has 0 aliphatic heterocycles. The molecule has 0 saturated heterocycles. The van der Waals surface area contributed by atoms with Gasteiger partial charge in [-0.2, -0.15) is 13.2 Å². The molecule has 2 amide bonds. The Morgan fingerprint density at radius 1 is 0.861 bits per heavy atom. The van der Waals surface area contributed by atoms with Gasteiger partial charge in [0.25, 0.3) is 0 Å². The van der Waals surface area contributed by atoms with Crippen molar-refractivity contribution in [1.29, 1.82) is 0 Å². The molecule has 36 heavy (non-hydrogen) atoms. The standard InChI is InChI=1S/C27H26ClF5N2O/c1-34(26(36)35(2)22-14-15-25(28)24(17-22)27(31,32)33)16-4-3-5-23(18-6-10-20(29)11-7-18)19-8-12-21(30)13-9-19/h6-15,17,23H,3-5,16H2,1-2H3. The predicted octanol–water partition coefficient (Wildman–Crippen LogP) is 8.13. The number of anilines is 1. The van der Waals surface area contributed by atoms with Crippen LogP contribution in [-0.2, 0) is 6.18 Å². The fraction of sp³-hybridized carbons (Fsp3) is 0.296. The average molecular weight is 525 g/mol. The minimum absolute atomic E-state index is 0.0789. The summed E-state index contributed by atoms with van der Waals surface area (Å²) in [4.78, 5) is 15.4. The van der Waals surface area contributed by atoms with Crippen LogP contribution in [0.15, 0.2) is 66.7 Å². The first-order valence-corrected chi connectivity index (χ1v) is 11.7. The number of hydrogen-bond acceptors (Lipinski definition) is 1. The Bertz CT molecular complexity index is 1120. The van der Waals surface area contributed by atoms with Crippen LogP contribution in [0.3, 0.4) is 0 Å². The highest BCUT2D eigenvalue weighted by molar-refractivity contribution is 6.31. The summed E-state index contributed by atoms with van der Waals surface area (Å²) in [5.41, 5.74) is 0.874. The summed E-state index contributed by atoms with van der Waals surface area (Å²) in [6, 6.07) is 15.2. The van der Waals surface area contributed by atoms with Gasteiger partial charge in [-0.1, -0.05) is 42.3 Å². The quantitative estimate of drug-likeness (QED) is 0.215. The predicted molar refractivity (Wildman–Crippen MR) is 131 cm³/mol. The molecule has 0 saturated carbocycles. The molecule has 3 rings (SSSR count). The number of carbonyl (C=O) groups is 1. The van der Waals surface area contributed by atoms with E-state index in [-0.39, 0.29) is 23.2 Å². The van der Waals surface area contributed by atoms with Crippen LogP contribution < -0.4 is 4.90 Å². The van der Waals surface area contributed by atoms with Gasteiger partial charge < -0.3 is 4.90 Å². The number of unbranched alkanes of at least 4 members (excludes halogenated alkanes) is 1. The maximum absolute atomic E-state index is 13.4. The lowest BCUT2D eigenvalue weighted by Gasteiger charge is -2.26. The molecule has 0 atom stereocenters. The third kappa shape index (κ3) is 6.97. The summed E-state index contributed by atoms with van der Waals surface area (Å²) < 4.78 is 66.3. The van der Waals surface area contributed by atoms with Crippen molar-refractivity contribution in [1.82, 2.24) is 4.90 Å². The Hall–Kier alpha value is -3.13. The molecule has 0 N–H and O–H groups in total. The first-order chi connectivity index (χ1) is 17.0. The number of amides is 2. The molecule has 0 spiro atoms. The van der Waals surface area contributed by atoms with Gasteiger partial charge in [0.1, 0.15) is 11.6 Å². The lowest BCUT2D eigenvalue weighted by molar-refractivity contribution is -0.137. The molecule has 0 radical (unpaired) electrons. The van der Waals surface area contributed by atoms with Gasteiger partial charge in [0, 0.05) is 32.2 Å². The van der Waals surface area contributed by atoms with Crippen LogP contribution in [0.25, 0.3) is 0 Å². The molecule has 3 nitrogen and oxygen atoms in total. The van der Waals surface area contributed by atoms with Gasteiger partial charge in [-0.25, -0.2) is 13.6 Å². The van der Waals surface area contributed by atoms with Gasteiger partial charge in [0.15, 0.2) is 0 Å². The van der Waals surface area contributed by atoms with Gasteiger partial charge in [-0.05, 0) is 66.4 Å². The van der Waals surface area contributed by atoms with Gasteiger partial charge in [-0.15, -0.1) is 0 Å². The van der Waals surface area contributed by atoms with Crippen molar-refractivity contribution >= 4 is 23.3 Å². The molecule has 3 aromatic rings. The van der Waals surface area contributed by atoms with E-state index in [1.165, 1.54) is 42.3 Å². The third-order valence-electron chi connectivity index (χ3n) is 6.04. The van der Waals surface area contributed by atoms with E-state index in [0.29, 0.717) is 25.8 Å². The van der Waals surface area contributed by atoms with Crippen LogP contribution in [0.5, 0.6) is 0 Å². The highest BCUT2D eigenvalue weighted by atomic mass is 35.5. The van der Waals surface area contributed by atoms with E-state index in [0.717, 1.165) is 28.2 Å². The van der Waals surface area contributed by atoms with Gasteiger partial charge in [0.05, 0.1) is 10.6 Å². The largest absolute Gasteiger partial charge is 0.417 e. The van der Waals surface area contributed by atoms with Crippen LogP contribution in [0.4, 0.5) is 32.4 Å². The van der Waals surface area contributed by atoms with Crippen LogP contribution >= 0.6 is 11.6 Å². The number of carbonyl (C=O) groups excluding carboxylic acids is 1. The molecule has 192 valence electrons. The van der Waals surface area contributed by atoms with Crippen LogP contribution in [-0.4, -0.2) is 31.6 Å². The maximum atomic E-state index is 13.4. The van der Waals surface area contributed by atoms with E-state index in [2.05, 4.69) is 0 Å². The number of hydrogen-bond donors (Lipinski definition) is 0. The molecule has 0 fully saturated rings. The lowest BCUT2D eigenvalue weighted by Crippen LogP contribution is -2.39. The number of urea groups is 1. The summed E-state index contributed by atoms with van der Waals surface area (Å²) in [5, 5.41) is -0.433. The summed E-state index contributed by atoms with van der Waals surface area (Å²) >= 11 is 5.67. The third-order valence-corrected chi connectivity index (χ3v) is 6.37. The first kappa shape index (κ1) is 27.5. The van der Waals surface area contributed by atoms with E-state index in [1.54, 1.807) is 31.3 Å². The Morgan fingerprint density at radius 3 is 1.89 bits per heavy atom. The summed E-state index contributed by atoms with van der Waals surface area (Å²) in [7, 11) is 2.98. The molecule has 0 aliphatic carbocycles. The van der Waals surface area contributed by atoms with Crippen LogP contribution in [0.2, 0.25) is 5.02 Å². The van der Waals surface area contributed by atoms with Crippen LogP contribution in [0.1, 0.15) is 41.9 Å². The SMILES string of the molecule is CN(CCCCC(c1ccc(F)cc1)c1ccc(F)cc1)C(=O)N(C)c1ccc(Cl)c(C(F)(F)F)c1. The van der Waals surface area contributed by atoms with Crippen molar-refractivity contribution in [3.05, 3.63) is 100 Å². The fourth-order valence-corrected chi connectivity index (χ4v) is 4.24. The lowest BCUT2D eigenvalue weighted by atomic mass is 9.87. The fourth-order valence-electron chi connectivity index (χ4n) is 4.01. The van der Waals surface area contributed by atoms with E-state index in [4.69, 9.17) is 11.6 Å². The molecule has 0 unspecified atom stereocenters. The Kier molecular flexibility index (Phi) is 8.95. The minimum atomic E-state index is -4.63. The van der Waals surface area contributed by atoms with Gasteiger partial charge >= 0.3 is 12.2 Å². The van der Waals surface area contributed by atoms with E-state index in [1.807, 2.05) is 0 Å². The van der Waals surface area contributed by atoms with Crippen molar-refractivity contribution < 1.29 is 26.7 Å². The number of rotatable bonds is 8. The molecule has 0 aromatic heterocycles. The molecular formula is C27H26ClF5N2O. The normalized spacial score (nSPS) is 11.6. The monoisotopic (exact) mass is 524 g/mol. The zero-order valence-corrected chi connectivity index (χ0v) is 20.6. The topological polar surface area (TPSA) is 23.6 Å². The van der Waals surface area contributed by atoms with Crippen molar-refractivity contribution in [2.24, 2.45) is 0 Å². The first-order valence-electron chi connectivity index (χ1n) is 11.3. The number of nitrogens with zero attached hydrogens (tertiary/aromatic N) is 2. The van der Waals surface area contributed by atoms with Gasteiger partial charge in [-0.3, -0.25) is 4.90 Å². The highest BCUT2D eigenvalue weighted by Crippen LogP contribution is 2.37. The molecule has 3 aromatic carbocycles. The Labute approximate surface area is 212 Å². The second-order valence-electron chi connectivity index (χ2n) is 8.58. The second-order valence-corrected chi connectivity index (χ2v) is 8.98. The maximum Gasteiger partial charge on any atom is 0.417 e. The summed E-state index contributed by atoms with van der Waals surface area (Å²) in [6.45, 7) is 0.377.